The number of hydrogen-bond donors (Lipinski definition) is 1. The maximum Gasteiger partial charge on any atom is 0.399 e. The molecule has 1 N–H and O–H groups in total. The monoisotopic (exact) mass is 333 g/mol. The number of carbonyl (C=O) groups excluding carboxylic acids is 1. The highest BCUT2D eigenvalue weighted by Crippen LogP contribution is 2.37. The topological polar surface area (TPSA) is 75.4 Å². The lowest BCUT2D eigenvalue weighted by Crippen LogP contribution is -2.48. The number of piperidine rings is 1. The van der Waals surface area contributed by atoms with Gasteiger partial charge in [-0.3, -0.25) is 4.79 Å². The molecule has 0 unspecified atom stereocenters. The molecule has 2 heterocycles. The summed E-state index contributed by atoms with van der Waals surface area (Å²) >= 11 is 0. The smallest absolute Gasteiger partial charge is 0.399 e. The van der Waals surface area contributed by atoms with Crippen LogP contribution < -0.4 is 0 Å². The molecule has 0 saturated carbocycles. The van der Waals surface area contributed by atoms with Crippen molar-refractivity contribution < 1.29 is 27.9 Å². The first kappa shape index (κ1) is 17.3. The number of aliphatic carboxylic acids is 1. The molecule has 0 aliphatic carbocycles. The average molecular weight is 333 g/mol. The Labute approximate surface area is 130 Å². The highest BCUT2D eigenvalue weighted by atomic mass is 19.4. The van der Waals surface area contributed by atoms with E-state index < -0.39 is 36.4 Å². The number of carboxylic acids is 1. The Morgan fingerprint density at radius 1 is 1.43 bits per heavy atom. The van der Waals surface area contributed by atoms with Crippen LogP contribution in [0.25, 0.3) is 0 Å². The van der Waals surface area contributed by atoms with Gasteiger partial charge in [0.2, 0.25) is 5.91 Å². The van der Waals surface area contributed by atoms with Crippen molar-refractivity contribution in [3.05, 3.63) is 18.2 Å². The molecule has 1 fully saturated rings. The first-order valence-electron chi connectivity index (χ1n) is 7.28. The highest BCUT2D eigenvalue weighted by molar-refractivity contribution is 5.84. The summed E-state index contributed by atoms with van der Waals surface area (Å²) in [5.74, 6) is -4.29. The molecule has 1 aliphatic rings. The number of nitrogens with zero attached hydrogens (tertiary/aromatic N) is 3. The normalized spacial score (nSPS) is 20.3. The van der Waals surface area contributed by atoms with Crippen molar-refractivity contribution in [2.45, 2.75) is 43.8 Å². The Hall–Kier alpha value is -2.06. The van der Waals surface area contributed by atoms with Crippen LogP contribution in [0.2, 0.25) is 0 Å². The average Bonchev–Trinajstić information content (AvgIpc) is 2.89. The molecule has 0 radical (unpaired) electrons. The van der Waals surface area contributed by atoms with Gasteiger partial charge in [0.15, 0.2) is 0 Å². The van der Waals surface area contributed by atoms with E-state index in [0.29, 0.717) is 12.8 Å². The minimum absolute atomic E-state index is 0.168. The van der Waals surface area contributed by atoms with Crippen molar-refractivity contribution in [3.8, 4) is 0 Å². The quantitative estimate of drug-likeness (QED) is 0.913. The number of carbonyl (C=O) groups is 2. The molecular weight excluding hydrogens is 315 g/mol. The largest absolute Gasteiger partial charge is 0.480 e. The van der Waals surface area contributed by atoms with Gasteiger partial charge in [0.1, 0.15) is 17.8 Å². The fourth-order valence-electron chi connectivity index (χ4n) is 2.85. The Morgan fingerprint density at radius 3 is 2.65 bits per heavy atom. The second-order valence-electron chi connectivity index (χ2n) is 5.63. The Bertz CT molecular complexity index is 585. The molecule has 2 rings (SSSR count). The standard InChI is InChI=1S/C14H18F3N3O3/c1-19-7-5-18-12(19)9(14(15,16)17)8-11(21)20-6-3-2-4-10(20)13(22)23/h5,7,9-10H,2-4,6,8H2,1H3,(H,22,23)/t9-,10-/m1/s1. The van der Waals surface area contributed by atoms with Crippen molar-refractivity contribution in [2.24, 2.45) is 7.05 Å². The van der Waals surface area contributed by atoms with Crippen molar-refractivity contribution in [1.82, 2.24) is 14.5 Å². The number of aryl methyl sites for hydroxylation is 1. The molecule has 1 saturated heterocycles. The first-order valence-corrected chi connectivity index (χ1v) is 7.28. The fraction of sp³-hybridized carbons (Fsp3) is 0.643. The van der Waals surface area contributed by atoms with Crippen molar-refractivity contribution in [1.29, 1.82) is 0 Å². The minimum atomic E-state index is -4.64. The molecule has 1 aromatic heterocycles. The lowest BCUT2D eigenvalue weighted by atomic mass is 9.98. The Morgan fingerprint density at radius 2 is 2.13 bits per heavy atom. The zero-order chi connectivity index (χ0) is 17.2. The summed E-state index contributed by atoms with van der Waals surface area (Å²) in [5.41, 5.74) is 0. The van der Waals surface area contributed by atoms with E-state index in [1.807, 2.05) is 0 Å². The van der Waals surface area contributed by atoms with Crippen LogP contribution in [0.1, 0.15) is 37.4 Å². The number of aromatic nitrogens is 2. The SMILES string of the molecule is Cn1ccnc1[C@@H](CC(=O)N1CCCC[C@@H]1C(=O)O)C(F)(F)F. The summed E-state index contributed by atoms with van der Waals surface area (Å²) in [4.78, 5) is 28.2. The zero-order valence-electron chi connectivity index (χ0n) is 12.6. The van der Waals surface area contributed by atoms with Crippen LogP contribution in [0.4, 0.5) is 13.2 Å². The molecular formula is C14H18F3N3O3. The first-order chi connectivity index (χ1) is 10.7. The molecule has 6 nitrogen and oxygen atoms in total. The summed E-state index contributed by atoms with van der Waals surface area (Å²) in [5, 5.41) is 9.15. The van der Waals surface area contributed by atoms with Crippen LogP contribution in [0, 0.1) is 0 Å². The van der Waals surface area contributed by atoms with Crippen LogP contribution >= 0.6 is 0 Å². The number of imidazole rings is 1. The van der Waals surface area contributed by atoms with Gasteiger partial charge in [-0.2, -0.15) is 13.2 Å². The van der Waals surface area contributed by atoms with E-state index in [0.717, 1.165) is 4.90 Å². The van der Waals surface area contributed by atoms with E-state index in [9.17, 15) is 22.8 Å². The van der Waals surface area contributed by atoms with Crippen molar-refractivity contribution in [3.63, 3.8) is 0 Å². The number of amides is 1. The maximum absolute atomic E-state index is 13.3. The molecule has 9 heteroatoms. The van der Waals surface area contributed by atoms with E-state index in [2.05, 4.69) is 4.98 Å². The van der Waals surface area contributed by atoms with Gasteiger partial charge in [0.25, 0.3) is 0 Å². The second-order valence-corrected chi connectivity index (χ2v) is 5.63. The van der Waals surface area contributed by atoms with E-state index in [-0.39, 0.29) is 18.8 Å². The molecule has 0 spiro atoms. The molecule has 1 aliphatic heterocycles. The van der Waals surface area contributed by atoms with Gasteiger partial charge in [-0.15, -0.1) is 0 Å². The van der Waals surface area contributed by atoms with E-state index in [1.165, 1.54) is 24.0 Å². The van der Waals surface area contributed by atoms with Crippen LogP contribution in [-0.4, -0.2) is 50.2 Å². The van der Waals surface area contributed by atoms with E-state index >= 15 is 0 Å². The lowest BCUT2D eigenvalue weighted by molar-refractivity contribution is -0.165. The van der Waals surface area contributed by atoms with E-state index in [4.69, 9.17) is 5.11 Å². The molecule has 23 heavy (non-hydrogen) atoms. The molecule has 0 aromatic carbocycles. The predicted molar refractivity (Wildman–Crippen MR) is 73.6 cm³/mol. The van der Waals surface area contributed by atoms with Crippen LogP contribution in [0.15, 0.2) is 12.4 Å². The van der Waals surface area contributed by atoms with Crippen molar-refractivity contribution in [2.75, 3.05) is 6.54 Å². The molecule has 1 aromatic rings. The Kier molecular flexibility index (Phi) is 4.96. The summed E-state index contributed by atoms with van der Waals surface area (Å²) in [7, 11) is 1.42. The molecule has 0 bridgehead atoms. The van der Waals surface area contributed by atoms with Crippen LogP contribution in [-0.2, 0) is 16.6 Å². The van der Waals surface area contributed by atoms with Crippen molar-refractivity contribution >= 4 is 11.9 Å². The number of carboxylic acid groups (broad SMARTS) is 1. The maximum atomic E-state index is 13.3. The third kappa shape index (κ3) is 3.83. The zero-order valence-corrected chi connectivity index (χ0v) is 12.6. The number of hydrogen-bond acceptors (Lipinski definition) is 3. The Balaban J connectivity index is 2.21. The van der Waals surface area contributed by atoms with Crippen LogP contribution in [0.5, 0.6) is 0 Å². The van der Waals surface area contributed by atoms with Crippen LogP contribution in [0.3, 0.4) is 0 Å². The van der Waals surface area contributed by atoms with Gasteiger partial charge in [-0.1, -0.05) is 0 Å². The third-order valence-corrected chi connectivity index (χ3v) is 4.05. The van der Waals surface area contributed by atoms with E-state index in [1.54, 1.807) is 0 Å². The molecule has 2 atom stereocenters. The summed E-state index contributed by atoms with van der Waals surface area (Å²) in [6.45, 7) is 0.168. The third-order valence-electron chi connectivity index (χ3n) is 4.05. The number of rotatable bonds is 4. The summed E-state index contributed by atoms with van der Waals surface area (Å²) < 4.78 is 41.1. The summed E-state index contributed by atoms with van der Waals surface area (Å²) in [6, 6.07) is -1.05. The number of likely N-dealkylation sites (tertiary alicyclic amines) is 1. The minimum Gasteiger partial charge on any atom is -0.480 e. The fourth-order valence-corrected chi connectivity index (χ4v) is 2.85. The van der Waals surface area contributed by atoms with Gasteiger partial charge < -0.3 is 14.6 Å². The van der Waals surface area contributed by atoms with Gasteiger partial charge in [-0.25, -0.2) is 9.78 Å². The lowest BCUT2D eigenvalue weighted by Gasteiger charge is -2.34. The van der Waals surface area contributed by atoms with Gasteiger partial charge in [0.05, 0.1) is 0 Å². The number of halogens is 3. The molecule has 1 amide bonds. The number of alkyl halides is 3. The second kappa shape index (κ2) is 6.59. The predicted octanol–water partition coefficient (Wildman–Crippen LogP) is 1.92. The van der Waals surface area contributed by atoms with Gasteiger partial charge in [0, 0.05) is 32.4 Å². The molecule has 128 valence electrons. The van der Waals surface area contributed by atoms with Gasteiger partial charge in [-0.05, 0) is 19.3 Å². The van der Waals surface area contributed by atoms with Gasteiger partial charge >= 0.3 is 12.1 Å². The highest BCUT2D eigenvalue weighted by Gasteiger charge is 2.46. The summed E-state index contributed by atoms with van der Waals surface area (Å²) in [6.07, 6.45) is -1.36.